The normalized spacial score (nSPS) is 18.4. The summed E-state index contributed by atoms with van der Waals surface area (Å²) in [5.74, 6) is 3.48. The van der Waals surface area contributed by atoms with E-state index >= 15 is 0 Å². The first kappa shape index (κ1) is 20.5. The van der Waals surface area contributed by atoms with Crippen LogP contribution in [0.1, 0.15) is 38.2 Å². The van der Waals surface area contributed by atoms with E-state index in [-0.39, 0.29) is 24.0 Å². The number of rotatable bonds is 9. The van der Waals surface area contributed by atoms with Gasteiger partial charge in [-0.1, -0.05) is 6.07 Å². The topological polar surface area (TPSA) is 58.1 Å². The van der Waals surface area contributed by atoms with Gasteiger partial charge in [0.2, 0.25) is 6.79 Å². The fourth-order valence-electron chi connectivity index (χ4n) is 3.36. The minimum absolute atomic E-state index is 0. The van der Waals surface area contributed by atoms with Crippen molar-refractivity contribution in [2.75, 3.05) is 33.0 Å². The second-order valence-corrected chi connectivity index (χ2v) is 7.48. The first-order valence-corrected chi connectivity index (χ1v) is 9.96. The lowest BCUT2D eigenvalue weighted by atomic mass is 10.2. The first-order chi connectivity index (χ1) is 12.8. The molecule has 0 bridgehead atoms. The zero-order valence-electron chi connectivity index (χ0n) is 16.1. The summed E-state index contributed by atoms with van der Waals surface area (Å²) < 4.78 is 10.8. The standard InChI is InChI=1S/C20H30N4O2.HI/c1-2-21-20(22-9-10-24(17-6-7-17)13-15-3-4-15)23-12-16-5-8-18-19(11-16)26-14-25-18;/h5,8,11,15,17H,2-4,6-7,9-10,12-14H2,1H3,(H2,21,22,23);1H. The SMILES string of the molecule is CCNC(=NCc1ccc2c(c1)OCO2)NCCN(CC1CC1)C1CC1.I. The molecule has 0 radical (unpaired) electrons. The average molecular weight is 486 g/mol. The lowest BCUT2D eigenvalue weighted by Gasteiger charge is -2.22. The van der Waals surface area contributed by atoms with E-state index in [1.54, 1.807) is 0 Å². The molecule has 0 aromatic heterocycles. The molecule has 2 N–H and O–H groups in total. The van der Waals surface area contributed by atoms with Crippen molar-refractivity contribution >= 4 is 29.9 Å². The number of aliphatic imine (C=N–C) groups is 1. The van der Waals surface area contributed by atoms with E-state index in [2.05, 4.69) is 22.5 Å². The van der Waals surface area contributed by atoms with Crippen LogP contribution in [-0.2, 0) is 6.54 Å². The Morgan fingerprint density at radius 3 is 2.70 bits per heavy atom. The van der Waals surface area contributed by atoms with Crippen LogP contribution in [-0.4, -0.2) is 49.9 Å². The second kappa shape index (κ2) is 9.82. The monoisotopic (exact) mass is 486 g/mol. The number of fused-ring (bicyclic) bond motifs is 1. The van der Waals surface area contributed by atoms with Crippen LogP contribution in [0.3, 0.4) is 0 Å². The van der Waals surface area contributed by atoms with Crippen molar-refractivity contribution in [3.63, 3.8) is 0 Å². The zero-order valence-corrected chi connectivity index (χ0v) is 18.4. The fourth-order valence-corrected chi connectivity index (χ4v) is 3.36. The third-order valence-electron chi connectivity index (χ3n) is 5.15. The van der Waals surface area contributed by atoms with Crippen molar-refractivity contribution in [1.82, 2.24) is 15.5 Å². The van der Waals surface area contributed by atoms with E-state index < -0.39 is 0 Å². The van der Waals surface area contributed by atoms with Crippen LogP contribution in [0.15, 0.2) is 23.2 Å². The molecule has 1 aromatic rings. The molecule has 27 heavy (non-hydrogen) atoms. The Morgan fingerprint density at radius 1 is 1.15 bits per heavy atom. The van der Waals surface area contributed by atoms with Gasteiger partial charge in [0, 0.05) is 32.2 Å². The molecule has 2 aliphatic carbocycles. The van der Waals surface area contributed by atoms with Gasteiger partial charge in [0.1, 0.15) is 0 Å². The van der Waals surface area contributed by atoms with E-state index in [0.717, 1.165) is 54.6 Å². The van der Waals surface area contributed by atoms with Gasteiger partial charge in [0.25, 0.3) is 0 Å². The molecular formula is C20H31IN4O2. The van der Waals surface area contributed by atoms with Crippen LogP contribution >= 0.6 is 24.0 Å². The minimum atomic E-state index is 0. The maximum atomic E-state index is 5.44. The summed E-state index contributed by atoms with van der Waals surface area (Å²) in [4.78, 5) is 7.39. The summed E-state index contributed by atoms with van der Waals surface area (Å²) in [6, 6.07) is 6.86. The Hall–Kier alpha value is -1.22. The van der Waals surface area contributed by atoms with Gasteiger partial charge in [0.05, 0.1) is 6.54 Å². The van der Waals surface area contributed by atoms with Gasteiger partial charge in [-0.2, -0.15) is 0 Å². The number of nitrogens with one attached hydrogen (secondary N) is 2. The van der Waals surface area contributed by atoms with Crippen molar-refractivity contribution in [2.45, 2.75) is 45.2 Å². The van der Waals surface area contributed by atoms with Crippen LogP contribution in [0.25, 0.3) is 0 Å². The fraction of sp³-hybridized carbons (Fsp3) is 0.650. The summed E-state index contributed by atoms with van der Waals surface area (Å²) in [6.07, 6.45) is 5.61. The number of hydrogen-bond donors (Lipinski definition) is 2. The van der Waals surface area contributed by atoms with E-state index in [1.807, 2.05) is 18.2 Å². The van der Waals surface area contributed by atoms with Gasteiger partial charge in [0.15, 0.2) is 17.5 Å². The molecule has 1 aliphatic heterocycles. The van der Waals surface area contributed by atoms with Crippen molar-refractivity contribution < 1.29 is 9.47 Å². The molecule has 0 saturated heterocycles. The molecule has 3 aliphatic rings. The van der Waals surface area contributed by atoms with Crippen LogP contribution in [0.4, 0.5) is 0 Å². The summed E-state index contributed by atoms with van der Waals surface area (Å²) in [6.45, 7) is 7.23. The highest BCUT2D eigenvalue weighted by Crippen LogP contribution is 2.34. The van der Waals surface area contributed by atoms with Crippen molar-refractivity contribution in [3.8, 4) is 11.5 Å². The molecule has 1 heterocycles. The number of ether oxygens (including phenoxy) is 2. The second-order valence-electron chi connectivity index (χ2n) is 7.48. The van der Waals surface area contributed by atoms with Crippen molar-refractivity contribution in [3.05, 3.63) is 23.8 Å². The molecule has 150 valence electrons. The van der Waals surface area contributed by atoms with Gasteiger partial charge >= 0.3 is 0 Å². The van der Waals surface area contributed by atoms with Crippen molar-refractivity contribution in [1.29, 1.82) is 0 Å². The minimum Gasteiger partial charge on any atom is -0.454 e. The van der Waals surface area contributed by atoms with Crippen LogP contribution in [0, 0.1) is 5.92 Å². The van der Waals surface area contributed by atoms with Gasteiger partial charge < -0.3 is 20.1 Å². The zero-order chi connectivity index (χ0) is 17.8. The molecular weight excluding hydrogens is 455 g/mol. The van der Waals surface area contributed by atoms with Gasteiger partial charge in [-0.15, -0.1) is 24.0 Å². The molecule has 1 aromatic carbocycles. The molecule has 4 rings (SSSR count). The number of nitrogens with zero attached hydrogens (tertiary/aromatic N) is 2. The quantitative estimate of drug-likeness (QED) is 0.320. The lowest BCUT2D eigenvalue weighted by molar-refractivity contribution is 0.174. The van der Waals surface area contributed by atoms with E-state index in [9.17, 15) is 0 Å². The summed E-state index contributed by atoms with van der Waals surface area (Å²) in [5, 5.41) is 6.83. The van der Waals surface area contributed by atoms with Gasteiger partial charge in [-0.3, -0.25) is 4.90 Å². The Morgan fingerprint density at radius 2 is 1.96 bits per heavy atom. The van der Waals surface area contributed by atoms with Gasteiger partial charge in [-0.05, 0) is 56.2 Å². The predicted molar refractivity (Wildman–Crippen MR) is 118 cm³/mol. The largest absolute Gasteiger partial charge is 0.454 e. The highest BCUT2D eigenvalue weighted by Gasteiger charge is 2.33. The van der Waals surface area contributed by atoms with E-state index in [1.165, 1.54) is 32.2 Å². The number of benzene rings is 1. The van der Waals surface area contributed by atoms with Crippen LogP contribution in [0.2, 0.25) is 0 Å². The Kier molecular flexibility index (Phi) is 7.46. The Labute approximate surface area is 179 Å². The molecule has 2 saturated carbocycles. The predicted octanol–water partition coefficient (Wildman–Crippen LogP) is 2.96. The van der Waals surface area contributed by atoms with Gasteiger partial charge in [-0.25, -0.2) is 4.99 Å². The first-order valence-electron chi connectivity index (χ1n) is 9.96. The third kappa shape index (κ3) is 6.14. The molecule has 0 amide bonds. The lowest BCUT2D eigenvalue weighted by Crippen LogP contribution is -2.42. The van der Waals surface area contributed by atoms with E-state index in [4.69, 9.17) is 14.5 Å². The molecule has 7 heteroatoms. The molecule has 6 nitrogen and oxygen atoms in total. The average Bonchev–Trinajstić information content (AvgIpc) is 3.57. The Bertz CT molecular complexity index is 647. The number of hydrogen-bond acceptors (Lipinski definition) is 4. The Balaban J connectivity index is 0.00000210. The molecule has 0 atom stereocenters. The third-order valence-corrected chi connectivity index (χ3v) is 5.15. The highest BCUT2D eigenvalue weighted by molar-refractivity contribution is 14.0. The summed E-state index contributed by atoms with van der Waals surface area (Å²) in [5.41, 5.74) is 1.12. The van der Waals surface area contributed by atoms with Crippen LogP contribution in [0.5, 0.6) is 11.5 Å². The maximum absolute atomic E-state index is 5.44. The molecule has 2 fully saturated rings. The van der Waals surface area contributed by atoms with Crippen molar-refractivity contribution in [2.24, 2.45) is 10.9 Å². The molecule has 0 spiro atoms. The number of guanidine groups is 1. The smallest absolute Gasteiger partial charge is 0.231 e. The molecule has 0 unspecified atom stereocenters. The highest BCUT2D eigenvalue weighted by atomic mass is 127. The number of halogens is 1. The van der Waals surface area contributed by atoms with E-state index in [0.29, 0.717) is 13.3 Å². The maximum Gasteiger partial charge on any atom is 0.231 e. The summed E-state index contributed by atoms with van der Waals surface area (Å²) >= 11 is 0. The summed E-state index contributed by atoms with van der Waals surface area (Å²) in [7, 11) is 0. The van der Waals surface area contributed by atoms with Crippen LogP contribution < -0.4 is 20.1 Å².